The molecule has 19 heavy (non-hydrogen) atoms. The Bertz CT molecular complexity index is 603. The van der Waals surface area contributed by atoms with Crippen molar-refractivity contribution in [2.24, 2.45) is 0 Å². The Morgan fingerprint density at radius 2 is 1.68 bits per heavy atom. The summed E-state index contributed by atoms with van der Waals surface area (Å²) in [5, 5.41) is 0. The van der Waals surface area contributed by atoms with Crippen molar-refractivity contribution < 1.29 is 4.79 Å². The fourth-order valence-corrected chi connectivity index (χ4v) is 2.17. The molecule has 0 saturated carbocycles. The minimum absolute atomic E-state index is 0.0281. The normalized spacial score (nSPS) is 10.3. The summed E-state index contributed by atoms with van der Waals surface area (Å²) in [5.41, 5.74) is 4.10. The maximum absolute atomic E-state index is 11.9. The van der Waals surface area contributed by atoms with Crippen LogP contribution in [0.3, 0.4) is 0 Å². The molecule has 2 nitrogen and oxygen atoms in total. The van der Waals surface area contributed by atoms with Crippen molar-refractivity contribution in [3.63, 3.8) is 0 Å². The van der Waals surface area contributed by atoms with Crippen LogP contribution in [-0.2, 0) is 0 Å². The summed E-state index contributed by atoms with van der Waals surface area (Å²) in [6.07, 6.45) is 0. The number of hydrogen-bond donors (Lipinski definition) is 1. The molecular formula is C16H17NOS. The van der Waals surface area contributed by atoms with Gasteiger partial charge in [0.2, 0.25) is 0 Å². The number of hydrogen-bond acceptors (Lipinski definition) is 2. The Hall–Kier alpha value is -1.74. The molecule has 0 aliphatic carbocycles. The average Bonchev–Trinajstić information content (AvgIpc) is 2.39. The molecule has 0 heterocycles. The fraction of sp³-hybridized carbons (Fsp3) is 0.188. The molecule has 0 saturated heterocycles. The molecule has 1 amide bonds. The minimum atomic E-state index is 0.0281. The van der Waals surface area contributed by atoms with E-state index in [4.69, 9.17) is 0 Å². The van der Waals surface area contributed by atoms with E-state index in [0.717, 1.165) is 27.1 Å². The zero-order valence-corrected chi connectivity index (χ0v) is 12.2. The third-order valence-corrected chi connectivity index (χ3v) is 3.36. The average molecular weight is 271 g/mol. The highest BCUT2D eigenvalue weighted by molar-refractivity contribution is 7.80. The van der Waals surface area contributed by atoms with Gasteiger partial charge in [-0.25, -0.2) is 0 Å². The van der Waals surface area contributed by atoms with Gasteiger partial charge in [0, 0.05) is 24.6 Å². The van der Waals surface area contributed by atoms with Gasteiger partial charge in [-0.1, -0.05) is 18.2 Å². The maximum Gasteiger partial charge on any atom is 0.253 e. The minimum Gasteiger partial charge on any atom is -0.345 e. The predicted molar refractivity (Wildman–Crippen MR) is 81.9 cm³/mol. The third-order valence-electron chi connectivity index (χ3n) is 3.06. The predicted octanol–water partition coefficient (Wildman–Crippen LogP) is 3.65. The molecule has 0 N–H and O–H groups in total. The van der Waals surface area contributed by atoms with Gasteiger partial charge in [-0.15, -0.1) is 12.6 Å². The lowest BCUT2D eigenvalue weighted by atomic mass is 9.98. The summed E-state index contributed by atoms with van der Waals surface area (Å²) < 4.78 is 0. The van der Waals surface area contributed by atoms with E-state index >= 15 is 0 Å². The number of aryl methyl sites for hydroxylation is 1. The van der Waals surface area contributed by atoms with E-state index in [2.05, 4.69) is 12.6 Å². The molecule has 0 aromatic heterocycles. The summed E-state index contributed by atoms with van der Waals surface area (Å²) in [7, 11) is 3.52. The van der Waals surface area contributed by atoms with Crippen LogP contribution in [0.1, 0.15) is 15.9 Å². The van der Waals surface area contributed by atoms with E-state index < -0.39 is 0 Å². The SMILES string of the molecule is Cc1cc(C(=O)N(C)C)ccc1-c1ccc(S)cc1. The largest absolute Gasteiger partial charge is 0.345 e. The van der Waals surface area contributed by atoms with Gasteiger partial charge in [-0.3, -0.25) is 4.79 Å². The first-order valence-electron chi connectivity index (χ1n) is 6.11. The van der Waals surface area contributed by atoms with E-state index in [0.29, 0.717) is 0 Å². The van der Waals surface area contributed by atoms with Crippen LogP contribution in [0.4, 0.5) is 0 Å². The molecule has 98 valence electrons. The second-order valence-corrected chi connectivity index (χ2v) is 5.29. The number of nitrogens with zero attached hydrogens (tertiary/aromatic N) is 1. The first-order valence-corrected chi connectivity index (χ1v) is 6.55. The third kappa shape index (κ3) is 2.99. The van der Waals surface area contributed by atoms with Crippen molar-refractivity contribution in [2.45, 2.75) is 11.8 Å². The van der Waals surface area contributed by atoms with Crippen LogP contribution in [-0.4, -0.2) is 24.9 Å². The Morgan fingerprint density at radius 3 is 2.21 bits per heavy atom. The van der Waals surface area contributed by atoms with E-state index in [9.17, 15) is 4.79 Å². The number of carbonyl (C=O) groups is 1. The van der Waals surface area contributed by atoms with Crippen LogP contribution in [0.5, 0.6) is 0 Å². The highest BCUT2D eigenvalue weighted by atomic mass is 32.1. The maximum atomic E-state index is 11.9. The van der Waals surface area contributed by atoms with Crippen molar-refractivity contribution >= 4 is 18.5 Å². The first-order chi connectivity index (χ1) is 8.99. The van der Waals surface area contributed by atoms with Gasteiger partial charge in [0.25, 0.3) is 5.91 Å². The molecule has 3 heteroatoms. The van der Waals surface area contributed by atoms with Crippen molar-refractivity contribution in [3.05, 3.63) is 53.6 Å². The molecule has 0 atom stereocenters. The lowest BCUT2D eigenvalue weighted by Gasteiger charge is -2.12. The fourth-order valence-electron chi connectivity index (χ4n) is 2.02. The molecule has 2 aromatic carbocycles. The molecule has 0 bridgehead atoms. The van der Waals surface area contributed by atoms with Gasteiger partial charge in [0.15, 0.2) is 0 Å². The van der Waals surface area contributed by atoms with E-state index in [1.54, 1.807) is 19.0 Å². The standard InChI is InChI=1S/C16H17NOS/c1-11-10-13(16(18)17(2)3)6-9-15(11)12-4-7-14(19)8-5-12/h4-10,19H,1-3H3. The molecule has 0 spiro atoms. The highest BCUT2D eigenvalue weighted by Gasteiger charge is 2.10. The Balaban J connectivity index is 2.39. The molecule has 2 rings (SSSR count). The van der Waals surface area contributed by atoms with Gasteiger partial charge in [-0.2, -0.15) is 0 Å². The summed E-state index contributed by atoms with van der Waals surface area (Å²) >= 11 is 4.29. The van der Waals surface area contributed by atoms with Crippen LogP contribution in [0.25, 0.3) is 11.1 Å². The Labute approximate surface area is 119 Å². The second-order valence-electron chi connectivity index (χ2n) is 4.78. The van der Waals surface area contributed by atoms with Gasteiger partial charge in [0.05, 0.1) is 0 Å². The van der Waals surface area contributed by atoms with Crippen LogP contribution < -0.4 is 0 Å². The number of benzene rings is 2. The van der Waals surface area contributed by atoms with Crippen molar-refractivity contribution in [2.75, 3.05) is 14.1 Å². The highest BCUT2D eigenvalue weighted by Crippen LogP contribution is 2.25. The van der Waals surface area contributed by atoms with E-state index in [1.807, 2.05) is 49.4 Å². The number of rotatable bonds is 2. The van der Waals surface area contributed by atoms with Crippen LogP contribution in [0, 0.1) is 6.92 Å². The number of thiol groups is 1. The summed E-state index contributed by atoms with van der Waals surface area (Å²) in [6, 6.07) is 13.8. The lowest BCUT2D eigenvalue weighted by molar-refractivity contribution is 0.0827. The lowest BCUT2D eigenvalue weighted by Crippen LogP contribution is -2.21. The first kappa shape index (κ1) is 13.7. The molecule has 0 unspecified atom stereocenters. The molecular weight excluding hydrogens is 254 g/mol. The second kappa shape index (κ2) is 5.49. The summed E-state index contributed by atoms with van der Waals surface area (Å²) in [4.78, 5) is 14.4. The summed E-state index contributed by atoms with van der Waals surface area (Å²) in [6.45, 7) is 2.02. The molecule has 0 radical (unpaired) electrons. The molecule has 0 aliphatic rings. The van der Waals surface area contributed by atoms with Gasteiger partial charge < -0.3 is 4.90 Å². The van der Waals surface area contributed by atoms with Gasteiger partial charge >= 0.3 is 0 Å². The molecule has 2 aromatic rings. The Kier molecular flexibility index (Phi) is 3.96. The van der Waals surface area contributed by atoms with Crippen LogP contribution in [0.2, 0.25) is 0 Å². The van der Waals surface area contributed by atoms with Crippen molar-refractivity contribution in [1.82, 2.24) is 4.90 Å². The number of amides is 1. The van der Waals surface area contributed by atoms with Crippen LogP contribution in [0.15, 0.2) is 47.4 Å². The van der Waals surface area contributed by atoms with Crippen LogP contribution >= 0.6 is 12.6 Å². The molecule has 0 aliphatic heterocycles. The monoisotopic (exact) mass is 271 g/mol. The van der Waals surface area contributed by atoms with E-state index in [1.165, 1.54) is 0 Å². The Morgan fingerprint density at radius 1 is 1.05 bits per heavy atom. The van der Waals surface area contributed by atoms with Gasteiger partial charge in [0.1, 0.15) is 0 Å². The zero-order valence-electron chi connectivity index (χ0n) is 11.3. The topological polar surface area (TPSA) is 20.3 Å². The smallest absolute Gasteiger partial charge is 0.253 e. The summed E-state index contributed by atoms with van der Waals surface area (Å²) in [5.74, 6) is 0.0281. The van der Waals surface area contributed by atoms with Crippen molar-refractivity contribution in [1.29, 1.82) is 0 Å². The zero-order chi connectivity index (χ0) is 14.0. The van der Waals surface area contributed by atoms with E-state index in [-0.39, 0.29) is 5.91 Å². The van der Waals surface area contributed by atoms with Gasteiger partial charge in [-0.05, 0) is 47.9 Å². The molecule has 0 fully saturated rings. The van der Waals surface area contributed by atoms with Crippen molar-refractivity contribution in [3.8, 4) is 11.1 Å². The quantitative estimate of drug-likeness (QED) is 0.827. The number of carbonyl (C=O) groups excluding carboxylic acids is 1.